The summed E-state index contributed by atoms with van der Waals surface area (Å²) >= 11 is 12.1. The number of rotatable bonds is 16. The maximum atomic E-state index is 6.10. The first-order valence-electron chi connectivity index (χ1n) is 10.8. The van der Waals surface area contributed by atoms with Crippen molar-refractivity contribution in [3.63, 3.8) is 0 Å². The van der Waals surface area contributed by atoms with Crippen molar-refractivity contribution in [2.45, 2.75) is 77.5 Å². The Morgan fingerprint density at radius 3 is 2.45 bits per heavy atom. The molecule has 0 fully saturated rings. The van der Waals surface area contributed by atoms with E-state index in [1.165, 1.54) is 44.9 Å². The van der Waals surface area contributed by atoms with Gasteiger partial charge in [0.25, 0.3) is 0 Å². The van der Waals surface area contributed by atoms with Crippen LogP contribution in [0.15, 0.2) is 36.9 Å². The summed E-state index contributed by atoms with van der Waals surface area (Å²) in [5.41, 5.74) is 0.998. The van der Waals surface area contributed by atoms with Crippen LogP contribution in [0, 0.1) is 0 Å². The van der Waals surface area contributed by atoms with Crippen molar-refractivity contribution in [3.05, 3.63) is 52.5 Å². The Kier molecular flexibility index (Phi) is 12.4. The Labute approximate surface area is 185 Å². The van der Waals surface area contributed by atoms with Crippen LogP contribution in [0.4, 0.5) is 0 Å². The smallest absolute Gasteiger partial charge is 0.0991 e. The van der Waals surface area contributed by atoms with Gasteiger partial charge in [0.15, 0.2) is 0 Å². The van der Waals surface area contributed by atoms with E-state index in [0.29, 0.717) is 29.8 Å². The largest absolute Gasteiger partial charge is 0.379 e. The van der Waals surface area contributed by atoms with Crippen LogP contribution in [0.2, 0.25) is 10.0 Å². The average Bonchev–Trinajstić information content (AvgIpc) is 3.23. The molecule has 0 radical (unpaired) electrons. The third kappa shape index (κ3) is 10.5. The van der Waals surface area contributed by atoms with Crippen LogP contribution >= 0.6 is 23.2 Å². The van der Waals surface area contributed by atoms with Crippen molar-refractivity contribution in [2.24, 2.45) is 0 Å². The summed E-state index contributed by atoms with van der Waals surface area (Å²) in [6.45, 7) is 4.78. The molecule has 0 amide bonds. The molecule has 0 aliphatic rings. The number of benzene rings is 1. The second-order valence-electron chi connectivity index (χ2n) is 7.49. The zero-order valence-electron chi connectivity index (χ0n) is 17.5. The summed E-state index contributed by atoms with van der Waals surface area (Å²) in [6, 6.07) is 5.58. The van der Waals surface area contributed by atoms with E-state index in [2.05, 4.69) is 11.9 Å². The van der Waals surface area contributed by atoms with E-state index in [0.717, 1.165) is 18.6 Å². The van der Waals surface area contributed by atoms with Gasteiger partial charge in [0, 0.05) is 19.0 Å². The lowest BCUT2D eigenvalue weighted by atomic mass is 10.1. The SMILES string of the molecule is CCCCCCCCCCOCC(Cn1ccnc1)OCc1ccc(Cl)c(Cl)c1. The zero-order chi connectivity index (χ0) is 20.7. The number of unbranched alkanes of at least 4 members (excludes halogenated alkanes) is 7. The molecular weight excluding hydrogens is 407 g/mol. The molecule has 2 aromatic rings. The van der Waals surface area contributed by atoms with Gasteiger partial charge in [-0.25, -0.2) is 4.98 Å². The molecule has 162 valence electrons. The molecule has 0 bridgehead atoms. The lowest BCUT2D eigenvalue weighted by molar-refractivity contribution is -0.0333. The van der Waals surface area contributed by atoms with Gasteiger partial charge in [0.05, 0.1) is 42.2 Å². The minimum Gasteiger partial charge on any atom is -0.379 e. The quantitative estimate of drug-likeness (QED) is 0.265. The number of ether oxygens (including phenoxy) is 2. The molecule has 0 N–H and O–H groups in total. The Morgan fingerprint density at radius 1 is 1.00 bits per heavy atom. The fourth-order valence-corrected chi connectivity index (χ4v) is 3.50. The molecule has 0 aliphatic carbocycles. The van der Waals surface area contributed by atoms with Crippen molar-refractivity contribution >= 4 is 23.2 Å². The lowest BCUT2D eigenvalue weighted by Gasteiger charge is -2.19. The Balaban J connectivity index is 1.67. The highest BCUT2D eigenvalue weighted by Crippen LogP contribution is 2.23. The van der Waals surface area contributed by atoms with Crippen LogP contribution < -0.4 is 0 Å². The zero-order valence-corrected chi connectivity index (χ0v) is 19.0. The molecule has 1 heterocycles. The standard InChI is InChI=1S/C23H34Cl2N2O2/c1-2-3-4-5-6-7-8-9-14-28-18-21(16-27-13-12-26-19-27)29-17-20-10-11-22(24)23(25)15-20/h10-13,15,19,21H,2-9,14,16-18H2,1H3. The number of hydrogen-bond donors (Lipinski definition) is 0. The highest BCUT2D eigenvalue weighted by atomic mass is 35.5. The molecular formula is C23H34Cl2N2O2. The second kappa shape index (κ2) is 14.8. The predicted molar refractivity (Wildman–Crippen MR) is 121 cm³/mol. The molecule has 2 rings (SSSR count). The van der Waals surface area contributed by atoms with Crippen molar-refractivity contribution in [2.75, 3.05) is 13.2 Å². The summed E-state index contributed by atoms with van der Waals surface area (Å²) in [5.74, 6) is 0. The van der Waals surface area contributed by atoms with Gasteiger partial charge in [0.1, 0.15) is 0 Å². The topological polar surface area (TPSA) is 36.3 Å². The fourth-order valence-electron chi connectivity index (χ4n) is 3.18. The van der Waals surface area contributed by atoms with Gasteiger partial charge in [-0.2, -0.15) is 0 Å². The predicted octanol–water partition coefficient (Wildman–Crippen LogP) is 6.93. The minimum absolute atomic E-state index is 0.0484. The fraction of sp³-hybridized carbons (Fsp3) is 0.609. The summed E-state index contributed by atoms with van der Waals surface area (Å²) in [6.07, 6.45) is 15.9. The van der Waals surface area contributed by atoms with E-state index < -0.39 is 0 Å². The van der Waals surface area contributed by atoms with Crippen molar-refractivity contribution in [1.29, 1.82) is 0 Å². The van der Waals surface area contributed by atoms with E-state index in [1.807, 2.05) is 22.9 Å². The van der Waals surface area contributed by atoms with Crippen molar-refractivity contribution in [3.8, 4) is 0 Å². The third-order valence-electron chi connectivity index (χ3n) is 4.89. The van der Waals surface area contributed by atoms with E-state index in [9.17, 15) is 0 Å². The van der Waals surface area contributed by atoms with E-state index in [1.54, 1.807) is 18.6 Å². The van der Waals surface area contributed by atoms with Crippen LogP contribution in [0.1, 0.15) is 63.9 Å². The molecule has 0 spiro atoms. The molecule has 6 heteroatoms. The van der Waals surface area contributed by atoms with Crippen LogP contribution in [0.5, 0.6) is 0 Å². The van der Waals surface area contributed by atoms with Gasteiger partial charge >= 0.3 is 0 Å². The Hall–Kier alpha value is -1.07. The monoisotopic (exact) mass is 440 g/mol. The highest BCUT2D eigenvalue weighted by molar-refractivity contribution is 6.42. The summed E-state index contributed by atoms with van der Waals surface area (Å²) < 4.78 is 14.0. The number of aromatic nitrogens is 2. The molecule has 1 aromatic carbocycles. The van der Waals surface area contributed by atoms with Crippen LogP contribution in [0.3, 0.4) is 0 Å². The lowest BCUT2D eigenvalue weighted by Crippen LogP contribution is -2.25. The van der Waals surface area contributed by atoms with Crippen molar-refractivity contribution in [1.82, 2.24) is 9.55 Å². The van der Waals surface area contributed by atoms with Gasteiger partial charge in [0.2, 0.25) is 0 Å². The van der Waals surface area contributed by atoms with Gasteiger partial charge in [-0.05, 0) is 24.1 Å². The van der Waals surface area contributed by atoms with Crippen LogP contribution in [-0.4, -0.2) is 28.9 Å². The Bertz CT molecular complexity index is 665. The molecule has 0 aliphatic heterocycles. The van der Waals surface area contributed by atoms with E-state index in [4.69, 9.17) is 32.7 Å². The maximum absolute atomic E-state index is 6.10. The molecule has 1 unspecified atom stereocenters. The molecule has 29 heavy (non-hydrogen) atoms. The first-order chi connectivity index (χ1) is 14.2. The minimum atomic E-state index is -0.0484. The molecule has 1 aromatic heterocycles. The number of imidazole rings is 1. The number of nitrogens with zero attached hydrogens (tertiary/aromatic N) is 2. The van der Waals surface area contributed by atoms with E-state index in [-0.39, 0.29) is 6.10 Å². The summed E-state index contributed by atoms with van der Waals surface area (Å²) in [7, 11) is 0. The van der Waals surface area contributed by atoms with Crippen molar-refractivity contribution < 1.29 is 9.47 Å². The van der Waals surface area contributed by atoms with E-state index >= 15 is 0 Å². The van der Waals surface area contributed by atoms with Gasteiger partial charge in [-0.15, -0.1) is 0 Å². The van der Waals surface area contributed by atoms with Gasteiger partial charge in [-0.3, -0.25) is 0 Å². The van der Waals surface area contributed by atoms with Crippen LogP contribution in [0.25, 0.3) is 0 Å². The molecule has 1 atom stereocenters. The first kappa shape index (κ1) is 24.2. The Morgan fingerprint density at radius 2 is 1.76 bits per heavy atom. The number of hydrogen-bond acceptors (Lipinski definition) is 3. The maximum Gasteiger partial charge on any atom is 0.0991 e. The van der Waals surface area contributed by atoms with Gasteiger partial charge in [-0.1, -0.05) is 81.1 Å². The average molecular weight is 441 g/mol. The summed E-state index contributed by atoms with van der Waals surface area (Å²) in [5, 5.41) is 1.10. The first-order valence-corrected chi connectivity index (χ1v) is 11.5. The van der Waals surface area contributed by atoms with Crippen LogP contribution in [-0.2, 0) is 22.6 Å². The summed E-state index contributed by atoms with van der Waals surface area (Å²) in [4.78, 5) is 4.11. The number of halogens is 2. The van der Waals surface area contributed by atoms with Gasteiger partial charge < -0.3 is 14.0 Å². The second-order valence-corrected chi connectivity index (χ2v) is 8.31. The normalized spacial score (nSPS) is 12.4. The molecule has 0 saturated carbocycles. The molecule has 0 saturated heterocycles. The molecule has 4 nitrogen and oxygen atoms in total. The highest BCUT2D eigenvalue weighted by Gasteiger charge is 2.12. The third-order valence-corrected chi connectivity index (χ3v) is 5.63.